The van der Waals surface area contributed by atoms with Crippen molar-refractivity contribution in [3.8, 4) is 0 Å². The van der Waals surface area contributed by atoms with Gasteiger partial charge in [-0.2, -0.15) is 0 Å². The molecule has 3 aliphatic heterocycles. The zero-order valence-electron chi connectivity index (χ0n) is 30.2. The summed E-state index contributed by atoms with van der Waals surface area (Å²) in [4.78, 5) is 40.9. The van der Waals surface area contributed by atoms with Crippen LogP contribution in [0.1, 0.15) is 54.0 Å². The van der Waals surface area contributed by atoms with Crippen molar-refractivity contribution in [3.05, 3.63) is 46.3 Å². The normalized spacial score (nSPS) is 32.3. The second-order valence-electron chi connectivity index (χ2n) is 14.4. The highest BCUT2D eigenvalue weighted by Gasteiger charge is 2.60. The van der Waals surface area contributed by atoms with Crippen molar-refractivity contribution >= 4 is 26.2 Å². The van der Waals surface area contributed by atoms with E-state index in [2.05, 4.69) is 10.0 Å². The van der Waals surface area contributed by atoms with Gasteiger partial charge in [-0.15, -0.1) is 0 Å². The first-order chi connectivity index (χ1) is 23.4. The standard InChI is InChI=1S/C33H49N3O13Si/c1-18(37)41-17-21-23(49-50(9,10)32(3,4)5)24(43-19(2)38)22(35-36-34)30(44-21)45-26-25(42-16-20-14-12-11-13-15-20)28-31(48-33(6,7)47-28)46-27(26)29(39)40-8/h11-15,21-28,30-31H,16-17H2,1-10H3/t21-,22-,23-,24-,25+,26+,27+,28-,30-,31-/m1/s1. The van der Waals surface area contributed by atoms with Gasteiger partial charge in [0.05, 0.1) is 13.7 Å². The van der Waals surface area contributed by atoms with E-state index < -0.39 is 93.4 Å². The van der Waals surface area contributed by atoms with E-state index in [1.54, 1.807) is 13.8 Å². The number of fused-ring (bicyclic) bond motifs is 1. The minimum Gasteiger partial charge on any atom is -0.467 e. The van der Waals surface area contributed by atoms with Gasteiger partial charge in [0.15, 0.2) is 32.8 Å². The number of ether oxygens (including phenoxy) is 9. The third-order valence-electron chi connectivity index (χ3n) is 9.11. The maximum absolute atomic E-state index is 13.3. The van der Waals surface area contributed by atoms with Gasteiger partial charge in [-0.1, -0.05) is 56.2 Å². The Labute approximate surface area is 293 Å². The maximum atomic E-state index is 13.3. The molecule has 50 heavy (non-hydrogen) atoms. The van der Waals surface area contributed by atoms with Crippen LogP contribution in [-0.4, -0.2) is 107 Å². The van der Waals surface area contributed by atoms with E-state index in [4.69, 9.17) is 47.1 Å². The fraction of sp³-hybridized carbons (Fsp3) is 0.727. The molecular weight excluding hydrogens is 674 g/mol. The third kappa shape index (κ3) is 9.40. The maximum Gasteiger partial charge on any atom is 0.337 e. The van der Waals surface area contributed by atoms with Crippen molar-refractivity contribution in [2.24, 2.45) is 5.11 Å². The molecule has 0 aromatic heterocycles. The predicted molar refractivity (Wildman–Crippen MR) is 176 cm³/mol. The van der Waals surface area contributed by atoms with Crippen molar-refractivity contribution in [1.29, 1.82) is 0 Å². The number of azide groups is 1. The highest BCUT2D eigenvalue weighted by molar-refractivity contribution is 6.74. The summed E-state index contributed by atoms with van der Waals surface area (Å²) < 4.78 is 60.7. The van der Waals surface area contributed by atoms with Crippen LogP contribution in [0.2, 0.25) is 18.1 Å². The first-order valence-corrected chi connectivity index (χ1v) is 19.4. The van der Waals surface area contributed by atoms with E-state index in [9.17, 15) is 19.9 Å². The molecule has 0 N–H and O–H groups in total. The molecule has 10 atom stereocenters. The first-order valence-electron chi connectivity index (χ1n) is 16.5. The average Bonchev–Trinajstić information content (AvgIpc) is 3.34. The van der Waals surface area contributed by atoms with Gasteiger partial charge >= 0.3 is 17.9 Å². The molecule has 0 unspecified atom stereocenters. The van der Waals surface area contributed by atoms with Crippen LogP contribution in [0.3, 0.4) is 0 Å². The molecule has 0 amide bonds. The summed E-state index contributed by atoms with van der Waals surface area (Å²) in [5, 5.41) is 3.66. The third-order valence-corrected chi connectivity index (χ3v) is 13.6. The molecule has 0 spiro atoms. The SMILES string of the molecule is COC(=O)[C@H]1O[C@@H]2OC(C)(C)O[C@@H]2[C@@H](OCc2ccccc2)[C@@H]1O[C@H]1O[C@H](COC(C)=O)[C@@H](O[Si](C)(C)C(C)(C)C)[C@H](OC(C)=O)[C@H]1N=[N+]=[N-]. The summed E-state index contributed by atoms with van der Waals surface area (Å²) in [5.74, 6) is -3.20. The number of nitrogens with zero attached hydrogens (tertiary/aromatic N) is 3. The molecule has 4 rings (SSSR count). The monoisotopic (exact) mass is 723 g/mol. The number of rotatable bonds is 12. The summed E-state index contributed by atoms with van der Waals surface area (Å²) in [6, 6.07) is 7.97. The zero-order chi connectivity index (χ0) is 37.0. The number of carbonyl (C=O) groups excluding carboxylic acids is 3. The molecule has 1 aromatic carbocycles. The van der Waals surface area contributed by atoms with E-state index in [-0.39, 0.29) is 18.3 Å². The van der Waals surface area contributed by atoms with Crippen LogP contribution >= 0.6 is 0 Å². The Morgan fingerprint density at radius 3 is 2.24 bits per heavy atom. The van der Waals surface area contributed by atoms with Gasteiger partial charge in [0.2, 0.25) is 0 Å². The number of esters is 3. The lowest BCUT2D eigenvalue weighted by molar-refractivity contribution is -0.326. The summed E-state index contributed by atoms with van der Waals surface area (Å²) in [5.41, 5.74) is 10.6. The van der Waals surface area contributed by atoms with E-state index in [1.807, 2.05) is 64.2 Å². The Bertz CT molecular complexity index is 1400. The summed E-state index contributed by atoms with van der Waals surface area (Å²) in [7, 11) is -1.44. The molecule has 0 saturated carbocycles. The molecule has 17 heteroatoms. The van der Waals surface area contributed by atoms with Gasteiger partial charge in [0.1, 0.15) is 49.3 Å². The number of methoxy groups -OCH3 is 1. The van der Waals surface area contributed by atoms with Crippen molar-refractivity contribution < 1.29 is 61.4 Å². The van der Waals surface area contributed by atoms with Crippen molar-refractivity contribution in [2.45, 2.75) is 140 Å². The Balaban J connectivity index is 1.79. The molecule has 3 heterocycles. The van der Waals surface area contributed by atoms with E-state index in [1.165, 1.54) is 21.0 Å². The second kappa shape index (κ2) is 16.0. The molecule has 1 aromatic rings. The summed E-state index contributed by atoms with van der Waals surface area (Å²) in [6.07, 6.45) is -10.6. The van der Waals surface area contributed by atoms with Gasteiger partial charge in [-0.3, -0.25) is 9.59 Å². The van der Waals surface area contributed by atoms with Gasteiger partial charge in [-0.05, 0) is 43.1 Å². The van der Waals surface area contributed by atoms with Crippen LogP contribution in [0.5, 0.6) is 0 Å². The van der Waals surface area contributed by atoms with E-state index in [0.29, 0.717) is 0 Å². The fourth-order valence-corrected chi connectivity index (χ4v) is 7.06. The lowest BCUT2D eigenvalue weighted by atomic mass is 9.95. The highest BCUT2D eigenvalue weighted by atomic mass is 28.4. The lowest BCUT2D eigenvalue weighted by Crippen LogP contribution is -2.66. The van der Waals surface area contributed by atoms with Gasteiger partial charge in [-0.25, -0.2) is 4.79 Å². The largest absolute Gasteiger partial charge is 0.467 e. The molecular formula is C33H49N3O13Si. The van der Waals surface area contributed by atoms with E-state index in [0.717, 1.165) is 5.56 Å². The Morgan fingerprint density at radius 1 is 0.980 bits per heavy atom. The van der Waals surface area contributed by atoms with E-state index >= 15 is 0 Å². The van der Waals surface area contributed by atoms with Gasteiger partial charge in [0.25, 0.3) is 0 Å². The molecule has 0 radical (unpaired) electrons. The lowest BCUT2D eigenvalue weighted by Gasteiger charge is -2.50. The molecule has 3 fully saturated rings. The van der Waals surface area contributed by atoms with Crippen molar-refractivity contribution in [3.63, 3.8) is 0 Å². The Morgan fingerprint density at radius 2 is 1.66 bits per heavy atom. The van der Waals surface area contributed by atoms with Crippen LogP contribution in [0.15, 0.2) is 35.4 Å². The summed E-state index contributed by atoms with van der Waals surface area (Å²) in [6.45, 7) is 15.7. The smallest absolute Gasteiger partial charge is 0.337 e. The van der Waals surface area contributed by atoms with Crippen LogP contribution in [0.4, 0.5) is 0 Å². The highest BCUT2D eigenvalue weighted by Crippen LogP contribution is 2.43. The number of hydrogen-bond acceptors (Lipinski definition) is 14. The summed E-state index contributed by atoms with van der Waals surface area (Å²) >= 11 is 0. The van der Waals surface area contributed by atoms with Crippen LogP contribution in [0, 0.1) is 0 Å². The Kier molecular flexibility index (Phi) is 12.7. The van der Waals surface area contributed by atoms with Crippen LogP contribution in [-0.2, 0) is 68.0 Å². The zero-order valence-corrected chi connectivity index (χ0v) is 31.2. The average molecular weight is 724 g/mol. The quantitative estimate of drug-likeness (QED) is 0.0741. The molecule has 3 saturated heterocycles. The van der Waals surface area contributed by atoms with Crippen molar-refractivity contribution in [1.82, 2.24) is 0 Å². The van der Waals surface area contributed by atoms with Crippen molar-refractivity contribution in [2.75, 3.05) is 13.7 Å². The van der Waals surface area contributed by atoms with Gasteiger partial charge in [0, 0.05) is 18.8 Å². The molecule has 0 bridgehead atoms. The minimum absolute atomic E-state index is 0.0884. The van der Waals surface area contributed by atoms with Crippen LogP contribution < -0.4 is 0 Å². The second-order valence-corrected chi connectivity index (χ2v) is 19.1. The fourth-order valence-electron chi connectivity index (χ4n) is 5.74. The molecule has 3 aliphatic rings. The number of hydrogen-bond donors (Lipinski definition) is 0. The predicted octanol–water partition coefficient (Wildman–Crippen LogP) is 4.30. The minimum atomic E-state index is -2.63. The topological polar surface area (TPSA) is 192 Å². The first kappa shape index (κ1) is 39.7. The number of carbonyl (C=O) groups is 3. The Hall–Kier alpha value is -3.12. The number of benzene rings is 1. The molecule has 0 aliphatic carbocycles. The van der Waals surface area contributed by atoms with Gasteiger partial charge < -0.3 is 47.1 Å². The molecule has 278 valence electrons. The molecule has 16 nitrogen and oxygen atoms in total. The van der Waals surface area contributed by atoms with Crippen LogP contribution in [0.25, 0.3) is 10.4 Å².